The maximum absolute atomic E-state index is 12.1. The van der Waals surface area contributed by atoms with Gasteiger partial charge in [-0.1, -0.05) is 0 Å². The van der Waals surface area contributed by atoms with E-state index in [1.807, 2.05) is 6.92 Å². The van der Waals surface area contributed by atoms with Crippen molar-refractivity contribution in [3.05, 3.63) is 11.5 Å². The van der Waals surface area contributed by atoms with Crippen LogP contribution >= 0.6 is 0 Å². The predicted molar refractivity (Wildman–Crippen MR) is 33.2 cm³/mol. The summed E-state index contributed by atoms with van der Waals surface area (Å²) in [5.74, 6) is -0.133. The van der Waals surface area contributed by atoms with E-state index in [1.165, 1.54) is 6.92 Å². The van der Waals surface area contributed by atoms with Crippen molar-refractivity contribution in [1.29, 1.82) is 0 Å². The first-order valence-electron chi connectivity index (χ1n) is 2.75. The van der Waals surface area contributed by atoms with Gasteiger partial charge in [0.05, 0.1) is 0 Å². The minimum atomic E-state index is -0.133. The molecule has 0 saturated heterocycles. The number of nitrogens with one attached hydrogen (secondary N) is 1. The van der Waals surface area contributed by atoms with Gasteiger partial charge in [0.2, 0.25) is 0 Å². The van der Waals surface area contributed by atoms with Crippen molar-refractivity contribution in [3.8, 4) is 0 Å². The Hall–Kier alpha value is -0.530. The van der Waals surface area contributed by atoms with Gasteiger partial charge in [-0.05, 0) is 20.8 Å². The summed E-state index contributed by atoms with van der Waals surface area (Å²) in [6.07, 6.45) is 0. The van der Waals surface area contributed by atoms with E-state index in [0.29, 0.717) is 5.70 Å². The third-order valence-corrected chi connectivity index (χ3v) is 0.959. The second-order valence-electron chi connectivity index (χ2n) is 1.69. The summed E-state index contributed by atoms with van der Waals surface area (Å²) in [6, 6.07) is 0. The molecule has 1 nitrogen and oxygen atoms in total. The van der Waals surface area contributed by atoms with Crippen molar-refractivity contribution < 1.29 is 4.39 Å². The summed E-state index contributed by atoms with van der Waals surface area (Å²) >= 11 is 0. The fraction of sp³-hybridized carbons (Fsp3) is 0.667. The first-order chi connectivity index (χ1) is 3.68. The lowest BCUT2D eigenvalue weighted by molar-refractivity contribution is 0.608. The molecule has 0 aromatic heterocycles. The van der Waals surface area contributed by atoms with Gasteiger partial charge in [-0.2, -0.15) is 0 Å². The molecule has 0 aromatic carbocycles. The highest BCUT2D eigenvalue weighted by Crippen LogP contribution is 1.98. The maximum Gasteiger partial charge on any atom is 0.115 e. The average Bonchev–Trinajstić information content (AvgIpc) is 1.67. The highest BCUT2D eigenvalue weighted by atomic mass is 19.1. The molecule has 0 radical (unpaired) electrons. The molecule has 0 atom stereocenters. The summed E-state index contributed by atoms with van der Waals surface area (Å²) in [5.41, 5.74) is 0.632. The van der Waals surface area contributed by atoms with Gasteiger partial charge < -0.3 is 5.32 Å². The van der Waals surface area contributed by atoms with Crippen molar-refractivity contribution in [2.24, 2.45) is 0 Å². The van der Waals surface area contributed by atoms with Gasteiger partial charge in [0.1, 0.15) is 5.83 Å². The van der Waals surface area contributed by atoms with Gasteiger partial charge in [-0.3, -0.25) is 0 Å². The van der Waals surface area contributed by atoms with Crippen LogP contribution in [-0.4, -0.2) is 6.54 Å². The van der Waals surface area contributed by atoms with Crippen LogP contribution in [0.4, 0.5) is 4.39 Å². The Morgan fingerprint density at radius 1 is 1.50 bits per heavy atom. The molecular weight excluding hydrogens is 105 g/mol. The molecule has 0 aliphatic heterocycles. The van der Waals surface area contributed by atoms with Gasteiger partial charge in [0.25, 0.3) is 0 Å². The molecule has 48 valence electrons. The lowest BCUT2D eigenvalue weighted by Crippen LogP contribution is -2.09. The molecule has 0 fully saturated rings. The van der Waals surface area contributed by atoms with Crippen molar-refractivity contribution in [3.63, 3.8) is 0 Å². The molecule has 2 heteroatoms. The average molecular weight is 117 g/mol. The van der Waals surface area contributed by atoms with Crippen molar-refractivity contribution in [2.45, 2.75) is 20.8 Å². The topological polar surface area (TPSA) is 12.0 Å². The second kappa shape index (κ2) is 3.47. The van der Waals surface area contributed by atoms with Crippen LogP contribution < -0.4 is 5.32 Å². The first kappa shape index (κ1) is 7.47. The SMILES string of the molecule is CCN/C(C)=C(/C)F. The van der Waals surface area contributed by atoms with E-state index >= 15 is 0 Å². The number of rotatable bonds is 2. The van der Waals surface area contributed by atoms with Gasteiger partial charge in [-0.25, -0.2) is 4.39 Å². The summed E-state index contributed by atoms with van der Waals surface area (Å²) in [7, 11) is 0. The summed E-state index contributed by atoms with van der Waals surface area (Å²) in [5, 5.41) is 2.85. The Morgan fingerprint density at radius 2 is 2.00 bits per heavy atom. The minimum Gasteiger partial charge on any atom is -0.387 e. The Balaban J connectivity index is 3.62. The molecule has 0 heterocycles. The van der Waals surface area contributed by atoms with Crippen LogP contribution in [0.15, 0.2) is 11.5 Å². The molecule has 0 amide bonds. The molecule has 0 saturated carbocycles. The molecule has 0 spiro atoms. The monoisotopic (exact) mass is 117 g/mol. The normalized spacial score (nSPS) is 13.0. The summed E-state index contributed by atoms with van der Waals surface area (Å²) < 4.78 is 12.1. The number of hydrogen-bond donors (Lipinski definition) is 1. The summed E-state index contributed by atoms with van der Waals surface area (Å²) in [6.45, 7) is 5.89. The number of allylic oxidation sites excluding steroid dienone is 2. The largest absolute Gasteiger partial charge is 0.387 e. The minimum absolute atomic E-state index is 0.133. The van der Waals surface area contributed by atoms with Crippen LogP contribution in [-0.2, 0) is 0 Å². The predicted octanol–water partition coefficient (Wildman–Crippen LogP) is 1.82. The van der Waals surface area contributed by atoms with E-state index in [2.05, 4.69) is 5.32 Å². The molecule has 0 bridgehead atoms. The van der Waals surface area contributed by atoms with Crippen molar-refractivity contribution >= 4 is 0 Å². The van der Waals surface area contributed by atoms with Crippen LogP contribution in [0.5, 0.6) is 0 Å². The van der Waals surface area contributed by atoms with Crippen LogP contribution in [0, 0.1) is 0 Å². The Bertz CT molecular complexity index is 92.7. The van der Waals surface area contributed by atoms with E-state index < -0.39 is 0 Å². The summed E-state index contributed by atoms with van der Waals surface area (Å²) in [4.78, 5) is 0. The smallest absolute Gasteiger partial charge is 0.115 e. The van der Waals surface area contributed by atoms with Gasteiger partial charge >= 0.3 is 0 Å². The third kappa shape index (κ3) is 2.61. The molecule has 0 aliphatic rings. The molecule has 8 heavy (non-hydrogen) atoms. The molecule has 0 rings (SSSR count). The van der Waals surface area contributed by atoms with E-state index in [9.17, 15) is 4.39 Å². The zero-order valence-electron chi connectivity index (χ0n) is 5.59. The molecule has 0 unspecified atom stereocenters. The van der Waals surface area contributed by atoms with Crippen LogP contribution in [0.2, 0.25) is 0 Å². The first-order valence-corrected chi connectivity index (χ1v) is 2.75. The van der Waals surface area contributed by atoms with E-state index in [4.69, 9.17) is 0 Å². The lowest BCUT2D eigenvalue weighted by Gasteiger charge is -2.00. The molecule has 1 N–H and O–H groups in total. The Labute approximate surface area is 49.6 Å². The molecule has 0 aromatic rings. The lowest BCUT2D eigenvalue weighted by atomic mass is 10.4. The number of halogens is 1. The van der Waals surface area contributed by atoms with Crippen LogP contribution in [0.25, 0.3) is 0 Å². The van der Waals surface area contributed by atoms with Crippen LogP contribution in [0.1, 0.15) is 20.8 Å². The Kier molecular flexibility index (Phi) is 3.24. The van der Waals surface area contributed by atoms with E-state index in [-0.39, 0.29) is 5.83 Å². The number of hydrogen-bond acceptors (Lipinski definition) is 1. The maximum atomic E-state index is 12.1. The van der Waals surface area contributed by atoms with Crippen molar-refractivity contribution in [2.75, 3.05) is 6.54 Å². The fourth-order valence-corrected chi connectivity index (χ4v) is 0.387. The zero-order valence-corrected chi connectivity index (χ0v) is 5.59. The van der Waals surface area contributed by atoms with Crippen LogP contribution in [0.3, 0.4) is 0 Å². The zero-order chi connectivity index (χ0) is 6.57. The molecule has 0 aliphatic carbocycles. The van der Waals surface area contributed by atoms with E-state index in [0.717, 1.165) is 6.54 Å². The van der Waals surface area contributed by atoms with Gasteiger partial charge in [0.15, 0.2) is 0 Å². The van der Waals surface area contributed by atoms with E-state index in [1.54, 1.807) is 6.92 Å². The quantitative estimate of drug-likeness (QED) is 0.581. The van der Waals surface area contributed by atoms with Gasteiger partial charge in [0, 0.05) is 12.2 Å². The fourth-order valence-electron chi connectivity index (χ4n) is 0.387. The standard InChI is InChI=1S/C6H12FN/c1-4-8-6(3)5(2)7/h8H,4H2,1-3H3/b6-5-. The second-order valence-corrected chi connectivity index (χ2v) is 1.69. The highest BCUT2D eigenvalue weighted by molar-refractivity contribution is 4.98. The van der Waals surface area contributed by atoms with Gasteiger partial charge in [-0.15, -0.1) is 0 Å². The molecular formula is C6H12FN. The third-order valence-electron chi connectivity index (χ3n) is 0.959. The Morgan fingerprint density at radius 3 is 2.12 bits per heavy atom. The van der Waals surface area contributed by atoms with Crippen molar-refractivity contribution in [1.82, 2.24) is 5.32 Å². The highest BCUT2D eigenvalue weighted by Gasteiger charge is 1.88.